The molecule has 0 saturated carbocycles. The van der Waals surface area contributed by atoms with Gasteiger partial charge in [-0.15, -0.1) is 0 Å². The van der Waals surface area contributed by atoms with Crippen molar-refractivity contribution in [2.45, 2.75) is 19.9 Å². The molecule has 6 heteroatoms. The predicted octanol–water partition coefficient (Wildman–Crippen LogP) is 0.909. The standard InChI is InChI=1S/C12H18N2O3S/c1-2-18(16,17)8-7-12(15)14-11-6-4-3-5-10(11)9-13/h3-6H,2,7-9,13H2,1H3,(H,14,15). The van der Waals surface area contributed by atoms with E-state index in [0.717, 1.165) is 5.56 Å². The Morgan fingerprint density at radius 3 is 2.61 bits per heavy atom. The first-order valence-corrected chi connectivity index (χ1v) is 7.59. The van der Waals surface area contributed by atoms with Gasteiger partial charge in [0, 0.05) is 24.4 Å². The van der Waals surface area contributed by atoms with Crippen LogP contribution in [-0.4, -0.2) is 25.8 Å². The summed E-state index contributed by atoms with van der Waals surface area (Å²) in [5.74, 6) is -0.382. The molecule has 0 radical (unpaired) electrons. The Morgan fingerprint density at radius 2 is 2.00 bits per heavy atom. The van der Waals surface area contributed by atoms with E-state index < -0.39 is 9.84 Å². The summed E-state index contributed by atoms with van der Waals surface area (Å²) in [7, 11) is -3.11. The number of hydrogen-bond donors (Lipinski definition) is 2. The SMILES string of the molecule is CCS(=O)(=O)CCC(=O)Nc1ccccc1CN. The molecule has 0 aliphatic heterocycles. The summed E-state index contributed by atoms with van der Waals surface area (Å²) in [4.78, 5) is 11.6. The quantitative estimate of drug-likeness (QED) is 0.804. The predicted molar refractivity (Wildman–Crippen MR) is 71.9 cm³/mol. The van der Waals surface area contributed by atoms with Gasteiger partial charge in [-0.2, -0.15) is 0 Å². The fourth-order valence-electron chi connectivity index (χ4n) is 1.43. The van der Waals surface area contributed by atoms with Gasteiger partial charge in [-0.1, -0.05) is 25.1 Å². The highest BCUT2D eigenvalue weighted by Crippen LogP contribution is 2.14. The van der Waals surface area contributed by atoms with Crippen molar-refractivity contribution in [3.05, 3.63) is 29.8 Å². The molecule has 0 atom stereocenters. The zero-order valence-corrected chi connectivity index (χ0v) is 11.2. The van der Waals surface area contributed by atoms with Crippen LogP contribution >= 0.6 is 0 Å². The van der Waals surface area contributed by atoms with Gasteiger partial charge in [-0.05, 0) is 11.6 Å². The summed E-state index contributed by atoms with van der Waals surface area (Å²) in [5, 5.41) is 2.67. The monoisotopic (exact) mass is 270 g/mol. The van der Waals surface area contributed by atoms with Crippen LogP contribution < -0.4 is 11.1 Å². The van der Waals surface area contributed by atoms with E-state index in [0.29, 0.717) is 12.2 Å². The van der Waals surface area contributed by atoms with E-state index in [9.17, 15) is 13.2 Å². The van der Waals surface area contributed by atoms with Crippen LogP contribution in [0.3, 0.4) is 0 Å². The van der Waals surface area contributed by atoms with Gasteiger partial charge < -0.3 is 11.1 Å². The van der Waals surface area contributed by atoms with Crippen molar-refractivity contribution in [1.29, 1.82) is 0 Å². The highest BCUT2D eigenvalue weighted by Gasteiger charge is 2.12. The van der Waals surface area contributed by atoms with Crippen LogP contribution in [0.4, 0.5) is 5.69 Å². The first-order valence-electron chi connectivity index (χ1n) is 5.76. The molecule has 0 aliphatic carbocycles. The fraction of sp³-hybridized carbons (Fsp3) is 0.417. The molecular weight excluding hydrogens is 252 g/mol. The van der Waals surface area contributed by atoms with Gasteiger partial charge in [0.05, 0.1) is 5.75 Å². The summed E-state index contributed by atoms with van der Waals surface area (Å²) in [6, 6.07) is 7.18. The maximum atomic E-state index is 11.6. The number of anilines is 1. The number of nitrogens with one attached hydrogen (secondary N) is 1. The molecule has 0 saturated heterocycles. The molecule has 5 nitrogen and oxygen atoms in total. The number of sulfone groups is 1. The van der Waals surface area contributed by atoms with Crippen molar-refractivity contribution in [3.63, 3.8) is 0 Å². The molecule has 0 fully saturated rings. The topological polar surface area (TPSA) is 89.3 Å². The number of hydrogen-bond acceptors (Lipinski definition) is 4. The Bertz CT molecular complexity index is 512. The van der Waals surface area contributed by atoms with Crippen LogP contribution in [-0.2, 0) is 21.2 Å². The molecule has 1 rings (SSSR count). The van der Waals surface area contributed by atoms with Gasteiger partial charge in [0.2, 0.25) is 5.91 Å². The number of carbonyl (C=O) groups is 1. The minimum atomic E-state index is -3.11. The molecule has 0 aliphatic rings. The third kappa shape index (κ3) is 4.46. The molecule has 1 amide bonds. The van der Waals surface area contributed by atoms with E-state index in [1.54, 1.807) is 19.1 Å². The number of benzene rings is 1. The summed E-state index contributed by atoms with van der Waals surface area (Å²) < 4.78 is 22.6. The molecule has 100 valence electrons. The van der Waals surface area contributed by atoms with Gasteiger partial charge in [0.25, 0.3) is 0 Å². The maximum absolute atomic E-state index is 11.6. The van der Waals surface area contributed by atoms with E-state index in [1.807, 2.05) is 12.1 Å². The van der Waals surface area contributed by atoms with E-state index in [2.05, 4.69) is 5.32 Å². The van der Waals surface area contributed by atoms with Crippen LogP contribution in [0.1, 0.15) is 18.9 Å². The zero-order chi connectivity index (χ0) is 13.6. The molecule has 1 aromatic rings. The second-order valence-electron chi connectivity index (χ2n) is 3.90. The van der Waals surface area contributed by atoms with Gasteiger partial charge in [0.1, 0.15) is 0 Å². The van der Waals surface area contributed by atoms with Gasteiger partial charge in [-0.3, -0.25) is 4.79 Å². The van der Waals surface area contributed by atoms with Crippen molar-refractivity contribution in [1.82, 2.24) is 0 Å². The maximum Gasteiger partial charge on any atom is 0.225 e. The van der Waals surface area contributed by atoms with Gasteiger partial charge >= 0.3 is 0 Å². The lowest BCUT2D eigenvalue weighted by Crippen LogP contribution is -2.19. The number of nitrogens with two attached hydrogens (primary N) is 1. The molecule has 18 heavy (non-hydrogen) atoms. The van der Waals surface area contributed by atoms with Crippen LogP contribution in [0, 0.1) is 0 Å². The van der Waals surface area contributed by atoms with E-state index in [-0.39, 0.29) is 23.8 Å². The average molecular weight is 270 g/mol. The highest BCUT2D eigenvalue weighted by molar-refractivity contribution is 7.91. The first kappa shape index (κ1) is 14.7. The molecule has 0 aromatic heterocycles. The number of amides is 1. The molecule has 0 spiro atoms. The van der Waals surface area contributed by atoms with Crippen molar-refractivity contribution in [2.24, 2.45) is 5.73 Å². The fourth-order valence-corrected chi connectivity index (χ4v) is 2.21. The first-order chi connectivity index (χ1) is 8.48. The van der Waals surface area contributed by atoms with Crippen molar-refractivity contribution < 1.29 is 13.2 Å². The number of para-hydroxylation sites is 1. The molecule has 0 unspecified atom stereocenters. The highest BCUT2D eigenvalue weighted by atomic mass is 32.2. The molecular formula is C12H18N2O3S. The van der Waals surface area contributed by atoms with E-state index in [1.165, 1.54) is 0 Å². The Morgan fingerprint density at radius 1 is 1.33 bits per heavy atom. The lowest BCUT2D eigenvalue weighted by atomic mass is 10.2. The molecule has 0 heterocycles. The number of rotatable bonds is 6. The molecule has 0 bridgehead atoms. The average Bonchev–Trinajstić information content (AvgIpc) is 2.37. The molecule has 3 N–H and O–H groups in total. The summed E-state index contributed by atoms with van der Waals surface area (Å²) in [6.45, 7) is 1.89. The zero-order valence-electron chi connectivity index (χ0n) is 10.3. The van der Waals surface area contributed by atoms with Crippen LogP contribution in [0.25, 0.3) is 0 Å². The van der Waals surface area contributed by atoms with Crippen LogP contribution in [0.2, 0.25) is 0 Å². The lowest BCUT2D eigenvalue weighted by Gasteiger charge is -2.09. The summed E-state index contributed by atoms with van der Waals surface area (Å²) in [5.41, 5.74) is 7.01. The van der Waals surface area contributed by atoms with E-state index in [4.69, 9.17) is 5.73 Å². The van der Waals surface area contributed by atoms with Crippen LogP contribution in [0.15, 0.2) is 24.3 Å². The third-order valence-corrected chi connectivity index (χ3v) is 4.30. The lowest BCUT2D eigenvalue weighted by molar-refractivity contribution is -0.115. The minimum absolute atomic E-state index is 0.0327. The summed E-state index contributed by atoms with van der Waals surface area (Å²) in [6.07, 6.45) is -0.0327. The van der Waals surface area contributed by atoms with E-state index >= 15 is 0 Å². The van der Waals surface area contributed by atoms with Gasteiger partial charge in [0.15, 0.2) is 9.84 Å². The Balaban J connectivity index is 2.60. The largest absolute Gasteiger partial charge is 0.326 e. The second kappa shape index (κ2) is 6.51. The van der Waals surface area contributed by atoms with Crippen molar-refractivity contribution in [3.8, 4) is 0 Å². The Hall–Kier alpha value is -1.40. The van der Waals surface area contributed by atoms with Crippen molar-refractivity contribution >= 4 is 21.4 Å². The smallest absolute Gasteiger partial charge is 0.225 e. The number of carbonyl (C=O) groups excluding carboxylic acids is 1. The van der Waals surface area contributed by atoms with Crippen LogP contribution in [0.5, 0.6) is 0 Å². The van der Waals surface area contributed by atoms with Gasteiger partial charge in [-0.25, -0.2) is 8.42 Å². The minimum Gasteiger partial charge on any atom is -0.326 e. The molecule has 1 aromatic carbocycles. The van der Waals surface area contributed by atoms with Crippen molar-refractivity contribution in [2.75, 3.05) is 16.8 Å². The Kier molecular flexibility index (Phi) is 5.30. The second-order valence-corrected chi connectivity index (χ2v) is 6.37. The third-order valence-electron chi connectivity index (χ3n) is 2.59. The normalized spacial score (nSPS) is 11.2. The Labute approximate surface area is 107 Å². The summed E-state index contributed by atoms with van der Waals surface area (Å²) >= 11 is 0.